The molecule has 104 valence electrons. The minimum absolute atomic E-state index is 0.0308. The first kappa shape index (κ1) is 14.1. The molecule has 0 saturated heterocycles. The van der Waals surface area contributed by atoms with Crippen LogP contribution in [0.15, 0.2) is 59.5 Å². The summed E-state index contributed by atoms with van der Waals surface area (Å²) >= 11 is 0. The Balaban J connectivity index is 2.28. The first-order chi connectivity index (χ1) is 9.54. The van der Waals surface area contributed by atoms with Crippen molar-refractivity contribution in [2.24, 2.45) is 0 Å². The van der Waals surface area contributed by atoms with Gasteiger partial charge in [0.25, 0.3) is 15.9 Å². The third-order valence-corrected chi connectivity index (χ3v) is 3.98. The molecule has 2 aromatic rings. The minimum Gasteiger partial charge on any atom is -0.496 e. The summed E-state index contributed by atoms with van der Waals surface area (Å²) in [6.07, 6.45) is 0. The van der Waals surface area contributed by atoms with Gasteiger partial charge in [0.05, 0.1) is 17.6 Å². The molecular weight excluding hydrogens is 278 g/mol. The highest BCUT2D eigenvalue weighted by Crippen LogP contribution is 2.18. The Bertz CT molecular complexity index is 711. The molecule has 20 heavy (non-hydrogen) atoms. The highest BCUT2D eigenvalue weighted by atomic mass is 32.2. The molecule has 1 amide bonds. The zero-order valence-electron chi connectivity index (χ0n) is 10.7. The number of amides is 1. The number of ether oxygens (including phenoxy) is 1. The number of methoxy groups -OCH3 is 1. The smallest absolute Gasteiger partial charge is 0.268 e. The third-order valence-electron chi connectivity index (χ3n) is 2.63. The first-order valence-corrected chi connectivity index (χ1v) is 7.28. The van der Waals surface area contributed by atoms with Gasteiger partial charge in [-0.05, 0) is 24.3 Å². The maximum atomic E-state index is 12.0. The third kappa shape index (κ3) is 2.97. The number of benzene rings is 2. The Morgan fingerprint density at radius 3 is 2.25 bits per heavy atom. The van der Waals surface area contributed by atoms with E-state index in [4.69, 9.17) is 4.74 Å². The van der Waals surface area contributed by atoms with Crippen molar-refractivity contribution < 1.29 is 17.9 Å². The Morgan fingerprint density at radius 1 is 1.00 bits per heavy atom. The summed E-state index contributed by atoms with van der Waals surface area (Å²) in [5.41, 5.74) is 0.162. The van der Waals surface area contributed by atoms with Gasteiger partial charge in [-0.2, -0.15) is 0 Å². The van der Waals surface area contributed by atoms with E-state index in [2.05, 4.69) is 0 Å². The van der Waals surface area contributed by atoms with Crippen molar-refractivity contribution in [2.45, 2.75) is 4.90 Å². The topological polar surface area (TPSA) is 72.5 Å². The summed E-state index contributed by atoms with van der Waals surface area (Å²) in [7, 11) is -2.47. The number of hydrogen-bond acceptors (Lipinski definition) is 4. The molecule has 0 aliphatic carbocycles. The fourth-order valence-corrected chi connectivity index (χ4v) is 2.66. The van der Waals surface area contributed by atoms with Crippen LogP contribution in [0.4, 0.5) is 0 Å². The molecule has 6 heteroatoms. The molecule has 0 aliphatic rings. The Labute approximate surface area is 117 Å². The molecule has 0 heterocycles. The van der Waals surface area contributed by atoms with E-state index in [0.717, 1.165) is 0 Å². The average molecular weight is 291 g/mol. The molecule has 0 radical (unpaired) electrons. The van der Waals surface area contributed by atoms with E-state index >= 15 is 0 Å². The zero-order chi connectivity index (χ0) is 14.6. The molecule has 0 bridgehead atoms. The Morgan fingerprint density at radius 2 is 1.60 bits per heavy atom. The number of rotatable bonds is 4. The maximum Gasteiger partial charge on any atom is 0.268 e. The summed E-state index contributed by atoms with van der Waals surface area (Å²) < 4.78 is 31.1. The van der Waals surface area contributed by atoms with Crippen molar-refractivity contribution in [3.63, 3.8) is 0 Å². The van der Waals surface area contributed by atoms with E-state index in [-0.39, 0.29) is 10.5 Å². The number of hydrogen-bond donors (Lipinski definition) is 1. The summed E-state index contributed by atoms with van der Waals surface area (Å²) in [6.45, 7) is 0. The maximum absolute atomic E-state index is 12.0. The van der Waals surface area contributed by atoms with Crippen LogP contribution < -0.4 is 9.46 Å². The van der Waals surface area contributed by atoms with Crippen molar-refractivity contribution >= 4 is 15.9 Å². The van der Waals surface area contributed by atoms with E-state index < -0.39 is 15.9 Å². The van der Waals surface area contributed by atoms with Crippen LogP contribution in [0.3, 0.4) is 0 Å². The Kier molecular flexibility index (Phi) is 4.05. The van der Waals surface area contributed by atoms with Gasteiger partial charge in [-0.3, -0.25) is 4.79 Å². The molecule has 0 spiro atoms. The number of sulfonamides is 1. The standard InChI is InChI=1S/C14H13NO4S/c1-19-13-10-6-5-9-12(13)14(16)15-20(17,18)11-7-3-2-4-8-11/h2-10H,1H3,(H,15,16). The number of nitrogens with one attached hydrogen (secondary N) is 1. The predicted octanol–water partition coefficient (Wildman–Crippen LogP) is 1.81. The van der Waals surface area contributed by atoms with Crippen LogP contribution in [0.1, 0.15) is 10.4 Å². The van der Waals surface area contributed by atoms with Crippen molar-refractivity contribution in [3.05, 3.63) is 60.2 Å². The van der Waals surface area contributed by atoms with Crippen molar-refractivity contribution in [3.8, 4) is 5.75 Å². The molecule has 0 unspecified atom stereocenters. The second-order valence-corrected chi connectivity index (χ2v) is 5.63. The van der Waals surface area contributed by atoms with Crippen LogP contribution in [-0.2, 0) is 10.0 Å². The number of carbonyl (C=O) groups is 1. The minimum atomic E-state index is -3.89. The molecule has 2 aromatic carbocycles. The monoisotopic (exact) mass is 291 g/mol. The highest BCUT2D eigenvalue weighted by molar-refractivity contribution is 7.90. The van der Waals surface area contributed by atoms with Crippen molar-refractivity contribution in [2.75, 3.05) is 7.11 Å². The van der Waals surface area contributed by atoms with Crippen LogP contribution >= 0.6 is 0 Å². The van der Waals surface area contributed by atoms with Gasteiger partial charge in [0.2, 0.25) is 0 Å². The van der Waals surface area contributed by atoms with Crippen LogP contribution in [0, 0.1) is 0 Å². The van der Waals surface area contributed by atoms with Gasteiger partial charge in [0.15, 0.2) is 0 Å². The lowest BCUT2D eigenvalue weighted by molar-refractivity contribution is 0.0978. The molecule has 5 nitrogen and oxygen atoms in total. The second-order valence-electron chi connectivity index (χ2n) is 3.95. The van der Waals surface area contributed by atoms with E-state index in [1.54, 1.807) is 36.4 Å². The second kappa shape index (κ2) is 5.75. The molecule has 1 N–H and O–H groups in total. The molecule has 2 rings (SSSR count). The van der Waals surface area contributed by atoms with Crippen LogP contribution in [0.2, 0.25) is 0 Å². The van der Waals surface area contributed by atoms with Crippen LogP contribution in [0.25, 0.3) is 0 Å². The van der Waals surface area contributed by atoms with Crippen molar-refractivity contribution in [1.82, 2.24) is 4.72 Å². The van der Waals surface area contributed by atoms with E-state index in [1.807, 2.05) is 4.72 Å². The van der Waals surface area contributed by atoms with E-state index in [9.17, 15) is 13.2 Å². The first-order valence-electron chi connectivity index (χ1n) is 5.80. The predicted molar refractivity (Wildman–Crippen MR) is 74.1 cm³/mol. The van der Waals surface area contributed by atoms with Crippen LogP contribution in [0.5, 0.6) is 5.75 Å². The fraction of sp³-hybridized carbons (Fsp3) is 0.0714. The van der Waals surface area contributed by atoms with Gasteiger partial charge in [-0.25, -0.2) is 13.1 Å². The average Bonchev–Trinajstić information content (AvgIpc) is 2.47. The van der Waals surface area contributed by atoms with Gasteiger partial charge in [-0.1, -0.05) is 30.3 Å². The lowest BCUT2D eigenvalue weighted by Crippen LogP contribution is -2.30. The lowest BCUT2D eigenvalue weighted by Gasteiger charge is -2.09. The molecule has 0 saturated carbocycles. The molecule has 0 atom stereocenters. The van der Waals surface area contributed by atoms with Gasteiger partial charge in [-0.15, -0.1) is 0 Å². The summed E-state index contributed by atoms with van der Waals surface area (Å²) in [4.78, 5) is 12.1. The van der Waals surface area contributed by atoms with Crippen molar-refractivity contribution in [1.29, 1.82) is 0 Å². The summed E-state index contributed by atoms with van der Waals surface area (Å²) in [5, 5.41) is 0. The zero-order valence-corrected chi connectivity index (χ0v) is 11.6. The van der Waals surface area contributed by atoms with Gasteiger partial charge in [0.1, 0.15) is 5.75 Å². The van der Waals surface area contributed by atoms with Crippen LogP contribution in [-0.4, -0.2) is 21.4 Å². The van der Waals surface area contributed by atoms with E-state index in [0.29, 0.717) is 5.75 Å². The normalized spacial score (nSPS) is 10.8. The Hall–Kier alpha value is -2.34. The number of para-hydroxylation sites is 1. The number of carbonyl (C=O) groups excluding carboxylic acids is 1. The SMILES string of the molecule is COc1ccccc1C(=O)NS(=O)(=O)c1ccccc1. The summed E-state index contributed by atoms with van der Waals surface area (Å²) in [6, 6.07) is 14.1. The molecular formula is C14H13NO4S. The van der Waals surface area contributed by atoms with Gasteiger partial charge >= 0.3 is 0 Å². The molecule has 0 aliphatic heterocycles. The van der Waals surface area contributed by atoms with Gasteiger partial charge < -0.3 is 4.74 Å². The molecule has 0 fully saturated rings. The quantitative estimate of drug-likeness (QED) is 0.932. The lowest BCUT2D eigenvalue weighted by atomic mass is 10.2. The fourth-order valence-electron chi connectivity index (χ4n) is 1.67. The van der Waals surface area contributed by atoms with E-state index in [1.165, 1.54) is 25.3 Å². The largest absolute Gasteiger partial charge is 0.496 e. The summed E-state index contributed by atoms with van der Waals surface area (Å²) in [5.74, 6) is -0.417. The highest BCUT2D eigenvalue weighted by Gasteiger charge is 2.20. The molecule has 0 aromatic heterocycles. The van der Waals surface area contributed by atoms with Gasteiger partial charge in [0, 0.05) is 0 Å².